The smallest absolute Gasteiger partial charge is 0.133 e. The molecule has 0 saturated heterocycles. The number of halogens is 2. The minimum absolute atomic E-state index is 0.755. The first-order valence-electron chi connectivity index (χ1n) is 8.56. The summed E-state index contributed by atoms with van der Waals surface area (Å²) in [6.07, 6.45) is 4.17. The van der Waals surface area contributed by atoms with Gasteiger partial charge in [-0.3, -0.25) is 0 Å². The van der Waals surface area contributed by atoms with Crippen LogP contribution in [0.3, 0.4) is 0 Å². The van der Waals surface area contributed by atoms with Gasteiger partial charge in [-0.25, -0.2) is 4.68 Å². The molecule has 0 radical (unpaired) electrons. The number of hydrogen-bond acceptors (Lipinski definition) is 2. The van der Waals surface area contributed by atoms with Crippen LogP contribution < -0.4 is 5.32 Å². The van der Waals surface area contributed by atoms with Gasteiger partial charge in [-0.05, 0) is 49.1 Å². The average molecular weight is 417 g/mol. The molecule has 0 unspecified atom stereocenters. The molecule has 1 aliphatic rings. The zero-order chi connectivity index (χ0) is 17.2. The fraction of sp³-hybridized carbons (Fsp3) is 0.250. The van der Waals surface area contributed by atoms with Gasteiger partial charge in [-0.2, -0.15) is 5.10 Å². The second-order valence-corrected chi connectivity index (χ2v) is 7.64. The molecule has 0 fully saturated rings. The van der Waals surface area contributed by atoms with Crippen LogP contribution in [0.2, 0.25) is 5.02 Å². The summed E-state index contributed by atoms with van der Waals surface area (Å²) in [7, 11) is 0. The van der Waals surface area contributed by atoms with Gasteiger partial charge in [0.05, 0.1) is 11.4 Å². The van der Waals surface area contributed by atoms with Crippen molar-refractivity contribution in [3.05, 3.63) is 74.8 Å². The van der Waals surface area contributed by atoms with Crippen molar-refractivity contribution in [2.75, 3.05) is 11.9 Å². The highest BCUT2D eigenvalue weighted by Crippen LogP contribution is 2.31. The van der Waals surface area contributed by atoms with E-state index in [0.29, 0.717) is 0 Å². The minimum Gasteiger partial charge on any atom is -0.370 e. The summed E-state index contributed by atoms with van der Waals surface area (Å²) in [5.74, 6) is 1.12. The van der Waals surface area contributed by atoms with E-state index in [0.717, 1.165) is 51.6 Å². The van der Waals surface area contributed by atoms with Crippen molar-refractivity contribution in [1.82, 2.24) is 9.78 Å². The van der Waals surface area contributed by atoms with Crippen molar-refractivity contribution in [1.29, 1.82) is 0 Å². The van der Waals surface area contributed by atoms with Crippen LogP contribution in [-0.4, -0.2) is 16.3 Å². The van der Waals surface area contributed by atoms with E-state index < -0.39 is 0 Å². The standard InChI is InChI=1S/C20H19BrClN3/c21-15-7-5-8-16(13-15)25-20-17(9-3-4-11-23-20)19(24-25)12-14-6-1-2-10-18(14)22/h1-2,5-8,10,13,23H,3-4,9,11-12H2. The number of anilines is 1. The SMILES string of the molecule is Clc1ccccc1Cc1nn(-c2cccc(Br)c2)c2c1CCCCN2. The molecule has 0 aliphatic carbocycles. The minimum atomic E-state index is 0.755. The van der Waals surface area contributed by atoms with Crippen LogP contribution in [0.5, 0.6) is 0 Å². The molecular weight excluding hydrogens is 398 g/mol. The maximum atomic E-state index is 6.38. The number of benzene rings is 2. The molecule has 1 aliphatic heterocycles. The molecule has 5 heteroatoms. The number of fused-ring (bicyclic) bond motifs is 1. The highest BCUT2D eigenvalue weighted by molar-refractivity contribution is 9.10. The Kier molecular flexibility index (Phi) is 4.82. The molecule has 128 valence electrons. The summed E-state index contributed by atoms with van der Waals surface area (Å²) in [5.41, 5.74) is 4.61. The highest BCUT2D eigenvalue weighted by Gasteiger charge is 2.21. The quantitative estimate of drug-likeness (QED) is 0.600. The van der Waals surface area contributed by atoms with Crippen molar-refractivity contribution in [2.24, 2.45) is 0 Å². The Bertz CT molecular complexity index is 904. The largest absolute Gasteiger partial charge is 0.370 e. The van der Waals surface area contributed by atoms with Crippen molar-refractivity contribution < 1.29 is 0 Å². The van der Waals surface area contributed by atoms with Crippen molar-refractivity contribution >= 4 is 33.3 Å². The predicted octanol–water partition coefficient (Wildman–Crippen LogP) is 5.63. The van der Waals surface area contributed by atoms with Crippen molar-refractivity contribution in [3.63, 3.8) is 0 Å². The van der Waals surface area contributed by atoms with Crippen LogP contribution in [0.1, 0.15) is 29.7 Å². The molecule has 0 amide bonds. The number of rotatable bonds is 3. The van der Waals surface area contributed by atoms with E-state index in [1.807, 2.05) is 35.0 Å². The molecular formula is C20H19BrClN3. The predicted molar refractivity (Wildman–Crippen MR) is 107 cm³/mol. The third-order valence-corrected chi connectivity index (χ3v) is 5.44. The summed E-state index contributed by atoms with van der Waals surface area (Å²) in [6.45, 7) is 0.984. The summed E-state index contributed by atoms with van der Waals surface area (Å²) < 4.78 is 3.09. The fourth-order valence-electron chi connectivity index (χ4n) is 3.33. The van der Waals surface area contributed by atoms with Crippen LogP contribution >= 0.6 is 27.5 Å². The van der Waals surface area contributed by atoms with Gasteiger partial charge in [-0.15, -0.1) is 0 Å². The zero-order valence-corrected chi connectivity index (χ0v) is 16.1. The second kappa shape index (κ2) is 7.22. The van der Waals surface area contributed by atoms with E-state index in [4.69, 9.17) is 16.7 Å². The first kappa shape index (κ1) is 16.7. The van der Waals surface area contributed by atoms with Gasteiger partial charge in [0.1, 0.15) is 5.82 Å². The summed E-state index contributed by atoms with van der Waals surface area (Å²) in [6, 6.07) is 16.3. The molecule has 2 heterocycles. The molecule has 1 N–H and O–H groups in total. The van der Waals surface area contributed by atoms with Crippen LogP contribution in [0.4, 0.5) is 5.82 Å². The molecule has 0 atom stereocenters. The molecule has 1 aromatic heterocycles. The lowest BCUT2D eigenvalue weighted by Gasteiger charge is -2.09. The Labute approximate surface area is 161 Å². The molecule has 2 aromatic carbocycles. The molecule has 25 heavy (non-hydrogen) atoms. The van der Waals surface area contributed by atoms with Gasteiger partial charge in [-0.1, -0.05) is 51.8 Å². The molecule has 3 aromatic rings. The highest BCUT2D eigenvalue weighted by atomic mass is 79.9. The van der Waals surface area contributed by atoms with Crippen LogP contribution in [0.25, 0.3) is 5.69 Å². The lowest BCUT2D eigenvalue weighted by molar-refractivity contribution is 0.767. The van der Waals surface area contributed by atoms with Crippen LogP contribution in [0, 0.1) is 0 Å². The molecule has 0 bridgehead atoms. The maximum absolute atomic E-state index is 6.38. The third kappa shape index (κ3) is 3.46. The van der Waals surface area contributed by atoms with Gasteiger partial charge in [0.25, 0.3) is 0 Å². The monoisotopic (exact) mass is 415 g/mol. The normalized spacial score (nSPS) is 13.8. The Hall–Kier alpha value is -1.78. The Morgan fingerprint density at radius 2 is 2.00 bits per heavy atom. The lowest BCUT2D eigenvalue weighted by atomic mass is 10.0. The zero-order valence-electron chi connectivity index (χ0n) is 13.8. The number of nitrogens with zero attached hydrogens (tertiary/aromatic N) is 2. The number of hydrogen-bond donors (Lipinski definition) is 1. The van der Waals surface area contributed by atoms with E-state index in [9.17, 15) is 0 Å². The van der Waals surface area contributed by atoms with Gasteiger partial charge >= 0.3 is 0 Å². The third-order valence-electron chi connectivity index (χ3n) is 4.58. The molecule has 0 spiro atoms. The Morgan fingerprint density at radius 3 is 2.84 bits per heavy atom. The first-order chi connectivity index (χ1) is 12.2. The summed E-state index contributed by atoms with van der Waals surface area (Å²) >= 11 is 9.94. The van der Waals surface area contributed by atoms with E-state index >= 15 is 0 Å². The fourth-order valence-corrected chi connectivity index (χ4v) is 3.92. The molecule has 0 saturated carbocycles. The van der Waals surface area contributed by atoms with E-state index in [2.05, 4.69) is 39.4 Å². The number of nitrogens with one attached hydrogen (secondary N) is 1. The van der Waals surface area contributed by atoms with Crippen molar-refractivity contribution in [3.8, 4) is 5.69 Å². The number of aromatic nitrogens is 2. The molecule has 4 rings (SSSR count). The van der Waals surface area contributed by atoms with Gasteiger partial charge in [0.15, 0.2) is 0 Å². The first-order valence-corrected chi connectivity index (χ1v) is 9.73. The average Bonchev–Trinajstić information content (AvgIpc) is 2.79. The van der Waals surface area contributed by atoms with Gasteiger partial charge in [0.2, 0.25) is 0 Å². The van der Waals surface area contributed by atoms with Gasteiger partial charge in [0, 0.05) is 28.0 Å². The van der Waals surface area contributed by atoms with E-state index in [1.165, 1.54) is 18.4 Å². The van der Waals surface area contributed by atoms with E-state index in [1.54, 1.807) is 0 Å². The molecule has 3 nitrogen and oxygen atoms in total. The maximum Gasteiger partial charge on any atom is 0.133 e. The van der Waals surface area contributed by atoms with E-state index in [-0.39, 0.29) is 0 Å². The van der Waals surface area contributed by atoms with Crippen LogP contribution in [0.15, 0.2) is 53.0 Å². The van der Waals surface area contributed by atoms with Crippen molar-refractivity contribution in [2.45, 2.75) is 25.7 Å². The lowest BCUT2D eigenvalue weighted by Crippen LogP contribution is -2.07. The van der Waals surface area contributed by atoms with Gasteiger partial charge < -0.3 is 5.32 Å². The second-order valence-electron chi connectivity index (χ2n) is 6.32. The Morgan fingerprint density at radius 1 is 1.12 bits per heavy atom. The summed E-state index contributed by atoms with van der Waals surface area (Å²) in [5, 5.41) is 9.34. The topological polar surface area (TPSA) is 29.9 Å². The Balaban J connectivity index is 1.81. The van der Waals surface area contributed by atoms with Crippen LogP contribution in [-0.2, 0) is 12.8 Å². The summed E-state index contributed by atoms with van der Waals surface area (Å²) in [4.78, 5) is 0.